The number of aryl methyl sites for hydroxylation is 1. The highest BCUT2D eigenvalue weighted by molar-refractivity contribution is 5.28. The first-order chi connectivity index (χ1) is 8.40. The summed E-state index contributed by atoms with van der Waals surface area (Å²) in [6, 6.07) is 8.46. The smallest absolute Gasteiger partial charge is 0.120 e. The molecule has 0 bridgehead atoms. The largest absolute Gasteiger partial charge is 0.489 e. The Kier molecular flexibility index (Phi) is 5.67. The monoisotopic (exact) mass is 249 g/mol. The molecule has 0 saturated carbocycles. The fourth-order valence-electron chi connectivity index (χ4n) is 1.86. The molecule has 1 aromatic rings. The third-order valence-electron chi connectivity index (χ3n) is 2.89. The van der Waals surface area contributed by atoms with Crippen LogP contribution in [0.2, 0.25) is 0 Å². The van der Waals surface area contributed by atoms with E-state index in [2.05, 4.69) is 51.2 Å². The third kappa shape index (κ3) is 6.06. The molecule has 1 aromatic carbocycles. The number of benzene rings is 1. The molecule has 18 heavy (non-hydrogen) atoms. The minimum atomic E-state index is 0.202. The highest BCUT2D eigenvalue weighted by atomic mass is 16.5. The Hall–Kier alpha value is -1.02. The second kappa shape index (κ2) is 6.79. The number of ether oxygens (including phenoxy) is 1. The van der Waals surface area contributed by atoms with Gasteiger partial charge in [0.25, 0.3) is 0 Å². The number of likely N-dealkylation sites (N-methyl/N-ethyl adjacent to an activating group) is 1. The zero-order chi connectivity index (χ0) is 13.6. The average molecular weight is 249 g/mol. The molecule has 0 aliphatic rings. The summed E-state index contributed by atoms with van der Waals surface area (Å²) in [6.07, 6.45) is 2.51. The number of rotatable bonds is 6. The number of hydrogen-bond acceptors (Lipinski definition) is 2. The fourth-order valence-corrected chi connectivity index (χ4v) is 1.86. The molecule has 0 amide bonds. The van der Waals surface area contributed by atoms with Crippen LogP contribution in [0.15, 0.2) is 24.3 Å². The molecule has 102 valence electrons. The lowest BCUT2D eigenvalue weighted by atomic mass is 9.89. The lowest BCUT2D eigenvalue weighted by Gasteiger charge is -2.18. The van der Waals surface area contributed by atoms with Crippen LogP contribution >= 0.6 is 0 Å². The number of hydrogen-bond donors (Lipinski definition) is 1. The van der Waals surface area contributed by atoms with Crippen LogP contribution in [0.5, 0.6) is 5.75 Å². The summed E-state index contributed by atoms with van der Waals surface area (Å²) in [4.78, 5) is 0. The molecule has 0 unspecified atom stereocenters. The Labute approximate surface area is 112 Å². The first-order valence-electron chi connectivity index (χ1n) is 6.81. The zero-order valence-electron chi connectivity index (χ0n) is 12.4. The van der Waals surface area contributed by atoms with Crippen LogP contribution in [0.1, 0.15) is 39.7 Å². The van der Waals surface area contributed by atoms with Gasteiger partial charge >= 0.3 is 0 Å². The van der Waals surface area contributed by atoms with Crippen molar-refractivity contribution < 1.29 is 4.74 Å². The van der Waals surface area contributed by atoms with Gasteiger partial charge in [0.1, 0.15) is 11.9 Å². The molecule has 0 fully saturated rings. The van der Waals surface area contributed by atoms with E-state index in [1.165, 1.54) is 12.0 Å². The Morgan fingerprint density at radius 1 is 1.28 bits per heavy atom. The van der Waals surface area contributed by atoms with Crippen LogP contribution < -0.4 is 10.1 Å². The highest BCUT2D eigenvalue weighted by Crippen LogP contribution is 2.23. The molecule has 2 heteroatoms. The molecular formula is C16H27NO. The van der Waals surface area contributed by atoms with Gasteiger partial charge in [-0.05, 0) is 49.9 Å². The summed E-state index contributed by atoms with van der Waals surface area (Å²) in [5.41, 5.74) is 1.75. The molecule has 2 nitrogen and oxygen atoms in total. The van der Waals surface area contributed by atoms with Gasteiger partial charge in [-0.1, -0.05) is 32.9 Å². The second-order valence-electron chi connectivity index (χ2n) is 6.19. The van der Waals surface area contributed by atoms with E-state index in [1.54, 1.807) is 0 Å². The number of nitrogens with one attached hydrogen (secondary N) is 1. The molecule has 0 aliphatic carbocycles. The molecule has 1 atom stereocenters. The molecule has 0 aromatic heterocycles. The minimum absolute atomic E-state index is 0.202. The van der Waals surface area contributed by atoms with Gasteiger partial charge in [-0.25, -0.2) is 0 Å². The van der Waals surface area contributed by atoms with Gasteiger partial charge in [-0.3, -0.25) is 0 Å². The lowest BCUT2D eigenvalue weighted by molar-refractivity contribution is 0.220. The van der Waals surface area contributed by atoms with Crippen molar-refractivity contribution >= 4 is 0 Å². The van der Waals surface area contributed by atoms with E-state index < -0.39 is 0 Å². The van der Waals surface area contributed by atoms with Crippen molar-refractivity contribution in [3.8, 4) is 5.75 Å². The standard InChI is InChI=1S/C16H27NO/c1-13(12-17-5)18-15-8-6-7-14(11-15)9-10-16(2,3)4/h6-8,11,13,17H,9-10,12H2,1-5H3/t13-/m1/s1. The maximum atomic E-state index is 5.86. The first kappa shape index (κ1) is 15.0. The molecule has 0 saturated heterocycles. The van der Waals surface area contributed by atoms with Crippen LogP contribution in [0.3, 0.4) is 0 Å². The molecule has 0 radical (unpaired) electrons. The van der Waals surface area contributed by atoms with Crippen molar-refractivity contribution in [2.45, 2.75) is 46.6 Å². The van der Waals surface area contributed by atoms with Crippen molar-refractivity contribution in [1.82, 2.24) is 5.32 Å². The van der Waals surface area contributed by atoms with Crippen molar-refractivity contribution in [1.29, 1.82) is 0 Å². The Morgan fingerprint density at radius 3 is 2.61 bits per heavy atom. The quantitative estimate of drug-likeness (QED) is 0.831. The van der Waals surface area contributed by atoms with Crippen molar-refractivity contribution in [3.63, 3.8) is 0 Å². The topological polar surface area (TPSA) is 21.3 Å². The maximum absolute atomic E-state index is 5.86. The highest BCUT2D eigenvalue weighted by Gasteiger charge is 2.10. The van der Waals surface area contributed by atoms with E-state index in [1.807, 2.05) is 13.1 Å². The van der Waals surface area contributed by atoms with Crippen LogP contribution in [0.4, 0.5) is 0 Å². The lowest BCUT2D eigenvalue weighted by Crippen LogP contribution is -2.26. The van der Waals surface area contributed by atoms with Crippen LogP contribution in [-0.4, -0.2) is 19.7 Å². The summed E-state index contributed by atoms with van der Waals surface area (Å²) in [7, 11) is 1.94. The first-order valence-corrected chi connectivity index (χ1v) is 6.81. The summed E-state index contributed by atoms with van der Waals surface area (Å²) in [5.74, 6) is 0.976. The van der Waals surface area contributed by atoms with Gasteiger partial charge in [0.15, 0.2) is 0 Å². The fraction of sp³-hybridized carbons (Fsp3) is 0.625. The predicted octanol–water partition coefficient (Wildman–Crippen LogP) is 3.65. The average Bonchev–Trinajstić information content (AvgIpc) is 2.26. The SMILES string of the molecule is CNC[C@@H](C)Oc1cccc(CCC(C)(C)C)c1. The molecule has 1 rings (SSSR count). The van der Waals surface area contributed by atoms with Crippen LogP contribution in [0, 0.1) is 5.41 Å². The van der Waals surface area contributed by atoms with Gasteiger partial charge in [0.05, 0.1) is 0 Å². The van der Waals surface area contributed by atoms with Crippen LogP contribution in [-0.2, 0) is 6.42 Å². The van der Waals surface area contributed by atoms with E-state index in [-0.39, 0.29) is 6.10 Å². The van der Waals surface area contributed by atoms with E-state index in [9.17, 15) is 0 Å². The van der Waals surface area contributed by atoms with Gasteiger partial charge in [0.2, 0.25) is 0 Å². The van der Waals surface area contributed by atoms with E-state index >= 15 is 0 Å². The molecular weight excluding hydrogens is 222 g/mol. The summed E-state index contributed by atoms with van der Waals surface area (Å²) >= 11 is 0. The summed E-state index contributed by atoms with van der Waals surface area (Å²) in [5, 5.41) is 3.12. The van der Waals surface area contributed by atoms with Crippen LogP contribution in [0.25, 0.3) is 0 Å². The Bertz CT molecular complexity index is 354. The molecule has 0 spiro atoms. The normalized spacial score (nSPS) is 13.4. The van der Waals surface area contributed by atoms with Gasteiger partial charge in [0, 0.05) is 6.54 Å². The van der Waals surface area contributed by atoms with Crippen molar-refractivity contribution in [2.24, 2.45) is 5.41 Å². The Morgan fingerprint density at radius 2 is 2.00 bits per heavy atom. The molecule has 0 aliphatic heterocycles. The predicted molar refractivity (Wildman–Crippen MR) is 78.2 cm³/mol. The zero-order valence-corrected chi connectivity index (χ0v) is 12.4. The van der Waals surface area contributed by atoms with Crippen molar-refractivity contribution in [2.75, 3.05) is 13.6 Å². The molecule has 0 heterocycles. The minimum Gasteiger partial charge on any atom is -0.489 e. The Balaban J connectivity index is 2.56. The maximum Gasteiger partial charge on any atom is 0.120 e. The van der Waals surface area contributed by atoms with Gasteiger partial charge in [-0.2, -0.15) is 0 Å². The van der Waals surface area contributed by atoms with E-state index in [4.69, 9.17) is 4.74 Å². The molecule has 1 N–H and O–H groups in total. The summed E-state index contributed by atoms with van der Waals surface area (Å²) in [6.45, 7) is 9.79. The third-order valence-corrected chi connectivity index (χ3v) is 2.89. The summed E-state index contributed by atoms with van der Waals surface area (Å²) < 4.78 is 5.86. The van der Waals surface area contributed by atoms with Crippen molar-refractivity contribution in [3.05, 3.63) is 29.8 Å². The van der Waals surface area contributed by atoms with E-state index in [0.717, 1.165) is 18.7 Å². The van der Waals surface area contributed by atoms with Gasteiger partial charge < -0.3 is 10.1 Å². The van der Waals surface area contributed by atoms with Gasteiger partial charge in [-0.15, -0.1) is 0 Å². The van der Waals surface area contributed by atoms with E-state index in [0.29, 0.717) is 5.41 Å². The second-order valence-corrected chi connectivity index (χ2v) is 6.19.